The van der Waals surface area contributed by atoms with Gasteiger partial charge in [-0.15, -0.1) is 0 Å². The SMILES string of the molecule is C[C@@H]1CC(C(=O)CO)[C@@]2(C)CC(=O)[C@H]3[C@@H](CCC4=CC(=O)C=C[C@@]43C)[C@H]12. The molecule has 0 saturated heterocycles. The van der Waals surface area contributed by atoms with Crippen molar-refractivity contribution in [2.24, 2.45) is 40.4 Å². The molecule has 0 heterocycles. The first-order valence-electron chi connectivity index (χ1n) is 9.83. The van der Waals surface area contributed by atoms with Crippen molar-refractivity contribution in [2.75, 3.05) is 6.61 Å². The molecule has 7 atom stereocenters. The number of aliphatic hydroxyl groups is 1. The van der Waals surface area contributed by atoms with Crippen molar-refractivity contribution >= 4 is 17.3 Å². The van der Waals surface area contributed by atoms with Crippen LogP contribution in [0.15, 0.2) is 23.8 Å². The molecule has 26 heavy (non-hydrogen) atoms. The molecule has 1 unspecified atom stereocenters. The molecule has 4 nitrogen and oxygen atoms in total. The summed E-state index contributed by atoms with van der Waals surface area (Å²) < 4.78 is 0. The number of allylic oxidation sites excluding steroid dienone is 4. The van der Waals surface area contributed by atoms with Crippen LogP contribution in [0.3, 0.4) is 0 Å². The van der Waals surface area contributed by atoms with Gasteiger partial charge in [-0.05, 0) is 54.6 Å². The molecule has 140 valence electrons. The van der Waals surface area contributed by atoms with Crippen LogP contribution in [0, 0.1) is 40.4 Å². The van der Waals surface area contributed by atoms with E-state index in [1.807, 2.05) is 6.08 Å². The lowest BCUT2D eigenvalue weighted by atomic mass is 9.46. The maximum Gasteiger partial charge on any atom is 0.178 e. The zero-order chi connectivity index (χ0) is 18.9. The van der Waals surface area contributed by atoms with Gasteiger partial charge in [0.25, 0.3) is 0 Å². The first kappa shape index (κ1) is 17.8. The van der Waals surface area contributed by atoms with E-state index in [-0.39, 0.29) is 45.9 Å². The topological polar surface area (TPSA) is 71.4 Å². The lowest BCUT2D eigenvalue weighted by molar-refractivity contribution is -0.147. The number of hydrogen-bond acceptors (Lipinski definition) is 4. The molecule has 0 aromatic heterocycles. The van der Waals surface area contributed by atoms with Crippen LogP contribution < -0.4 is 0 Å². The fourth-order valence-corrected chi connectivity index (χ4v) is 7.19. The summed E-state index contributed by atoms with van der Waals surface area (Å²) in [6.45, 7) is 5.97. The molecular formula is C22H28O4. The number of Topliss-reactive ketones (excluding diaryl/α,β-unsaturated/α-hetero) is 2. The molecule has 4 aliphatic rings. The van der Waals surface area contributed by atoms with Crippen LogP contribution in [0.25, 0.3) is 0 Å². The zero-order valence-electron chi connectivity index (χ0n) is 15.8. The van der Waals surface area contributed by atoms with Gasteiger partial charge in [0, 0.05) is 23.7 Å². The van der Waals surface area contributed by atoms with Gasteiger partial charge in [0.05, 0.1) is 0 Å². The molecule has 0 aliphatic heterocycles. The van der Waals surface area contributed by atoms with E-state index in [1.165, 1.54) is 0 Å². The van der Waals surface area contributed by atoms with Gasteiger partial charge in [-0.3, -0.25) is 14.4 Å². The van der Waals surface area contributed by atoms with Gasteiger partial charge >= 0.3 is 0 Å². The van der Waals surface area contributed by atoms with Crippen molar-refractivity contribution in [3.63, 3.8) is 0 Å². The number of carbonyl (C=O) groups is 3. The number of hydrogen-bond donors (Lipinski definition) is 1. The second kappa shape index (κ2) is 5.72. The second-order valence-corrected chi connectivity index (χ2v) is 9.43. The molecule has 0 spiro atoms. The third-order valence-corrected chi connectivity index (χ3v) is 8.11. The minimum atomic E-state index is -0.433. The van der Waals surface area contributed by atoms with Crippen LogP contribution in [-0.2, 0) is 14.4 Å². The normalized spacial score (nSPS) is 47.1. The van der Waals surface area contributed by atoms with E-state index in [0.717, 1.165) is 24.8 Å². The Balaban J connectivity index is 1.76. The Labute approximate surface area is 154 Å². The summed E-state index contributed by atoms with van der Waals surface area (Å²) in [5.74, 6) is 0.740. The molecule has 0 bridgehead atoms. The third-order valence-electron chi connectivity index (χ3n) is 8.11. The molecule has 0 aromatic rings. The number of carbonyl (C=O) groups excluding carboxylic acids is 3. The first-order valence-corrected chi connectivity index (χ1v) is 9.83. The molecule has 0 aromatic carbocycles. The number of ketones is 3. The smallest absolute Gasteiger partial charge is 0.178 e. The molecule has 0 amide bonds. The van der Waals surface area contributed by atoms with E-state index in [0.29, 0.717) is 18.3 Å². The van der Waals surface area contributed by atoms with Gasteiger partial charge in [-0.1, -0.05) is 32.4 Å². The van der Waals surface area contributed by atoms with Crippen LogP contribution in [0.2, 0.25) is 0 Å². The predicted octanol–water partition coefficient (Wildman–Crippen LogP) is 2.90. The van der Waals surface area contributed by atoms with Crippen molar-refractivity contribution in [1.82, 2.24) is 0 Å². The fourth-order valence-electron chi connectivity index (χ4n) is 7.19. The monoisotopic (exact) mass is 356 g/mol. The van der Waals surface area contributed by atoms with E-state index in [4.69, 9.17) is 0 Å². The highest BCUT2D eigenvalue weighted by Gasteiger charge is 2.64. The van der Waals surface area contributed by atoms with E-state index >= 15 is 0 Å². The highest BCUT2D eigenvalue weighted by Crippen LogP contribution is 2.66. The summed E-state index contributed by atoms with van der Waals surface area (Å²) >= 11 is 0. The number of rotatable bonds is 2. The molecular weight excluding hydrogens is 328 g/mol. The van der Waals surface area contributed by atoms with Crippen LogP contribution >= 0.6 is 0 Å². The molecule has 4 heteroatoms. The van der Waals surface area contributed by atoms with Crippen LogP contribution in [-0.4, -0.2) is 29.1 Å². The number of fused-ring (bicyclic) bond motifs is 5. The minimum absolute atomic E-state index is 0.0202. The van der Waals surface area contributed by atoms with Gasteiger partial charge in [-0.25, -0.2) is 0 Å². The van der Waals surface area contributed by atoms with Crippen LogP contribution in [0.1, 0.15) is 46.5 Å². The van der Waals surface area contributed by atoms with Crippen LogP contribution in [0.5, 0.6) is 0 Å². The van der Waals surface area contributed by atoms with Gasteiger partial charge in [0.1, 0.15) is 12.4 Å². The summed E-state index contributed by atoms with van der Waals surface area (Å²) in [6.07, 6.45) is 8.23. The summed E-state index contributed by atoms with van der Waals surface area (Å²) in [5, 5.41) is 9.42. The van der Waals surface area contributed by atoms with E-state index < -0.39 is 6.61 Å². The summed E-state index contributed by atoms with van der Waals surface area (Å²) in [6, 6.07) is 0. The molecule has 3 saturated carbocycles. The number of aliphatic hydroxyl groups excluding tert-OH is 1. The maximum atomic E-state index is 13.4. The van der Waals surface area contributed by atoms with Crippen molar-refractivity contribution in [2.45, 2.75) is 46.5 Å². The van der Waals surface area contributed by atoms with Crippen molar-refractivity contribution < 1.29 is 19.5 Å². The quantitative estimate of drug-likeness (QED) is 0.826. The Bertz CT molecular complexity index is 747. The second-order valence-electron chi connectivity index (χ2n) is 9.43. The Kier molecular flexibility index (Phi) is 3.93. The van der Waals surface area contributed by atoms with E-state index in [2.05, 4.69) is 20.8 Å². The Morgan fingerprint density at radius 1 is 1.31 bits per heavy atom. The van der Waals surface area contributed by atoms with Crippen LogP contribution in [0.4, 0.5) is 0 Å². The van der Waals surface area contributed by atoms with Crippen molar-refractivity contribution in [1.29, 1.82) is 0 Å². The summed E-state index contributed by atoms with van der Waals surface area (Å²) in [4.78, 5) is 37.6. The Hall–Kier alpha value is -1.55. The van der Waals surface area contributed by atoms with E-state index in [9.17, 15) is 19.5 Å². The fraction of sp³-hybridized carbons (Fsp3) is 0.682. The third kappa shape index (κ3) is 2.20. The maximum absolute atomic E-state index is 13.4. The average molecular weight is 356 g/mol. The molecule has 4 rings (SSSR count). The Morgan fingerprint density at radius 3 is 2.73 bits per heavy atom. The Morgan fingerprint density at radius 2 is 2.04 bits per heavy atom. The van der Waals surface area contributed by atoms with Gasteiger partial charge in [0.15, 0.2) is 11.6 Å². The molecule has 4 aliphatic carbocycles. The standard InChI is InChI=1S/C22H28O4/c1-12-8-16(18(26)11-23)22(3)10-17(25)20-15(19(12)22)5-4-13-9-14(24)6-7-21(13,20)2/h6-7,9,12,15-16,19-20,23H,4-5,8,10-11H2,1-3H3/t12-,15+,16?,19+,20-,21+,22-/m1/s1. The van der Waals surface area contributed by atoms with E-state index in [1.54, 1.807) is 12.2 Å². The average Bonchev–Trinajstić information content (AvgIpc) is 2.85. The predicted molar refractivity (Wildman–Crippen MR) is 97.1 cm³/mol. The van der Waals surface area contributed by atoms with Gasteiger partial charge in [-0.2, -0.15) is 0 Å². The van der Waals surface area contributed by atoms with Gasteiger partial charge < -0.3 is 5.11 Å². The molecule has 3 fully saturated rings. The van der Waals surface area contributed by atoms with Crippen molar-refractivity contribution in [3.8, 4) is 0 Å². The largest absolute Gasteiger partial charge is 0.389 e. The van der Waals surface area contributed by atoms with Crippen molar-refractivity contribution in [3.05, 3.63) is 23.8 Å². The lowest BCUT2D eigenvalue weighted by Gasteiger charge is -2.56. The highest BCUT2D eigenvalue weighted by atomic mass is 16.3. The highest BCUT2D eigenvalue weighted by molar-refractivity contribution is 6.01. The minimum Gasteiger partial charge on any atom is -0.389 e. The lowest BCUT2D eigenvalue weighted by Crippen LogP contribution is -2.55. The molecule has 1 N–H and O–H groups in total. The summed E-state index contributed by atoms with van der Waals surface area (Å²) in [7, 11) is 0. The zero-order valence-corrected chi connectivity index (χ0v) is 15.8. The first-order chi connectivity index (χ1) is 12.2. The van der Waals surface area contributed by atoms with Gasteiger partial charge in [0.2, 0.25) is 0 Å². The molecule has 0 radical (unpaired) electrons. The summed E-state index contributed by atoms with van der Waals surface area (Å²) in [5.41, 5.74) is 0.383.